The van der Waals surface area contributed by atoms with Gasteiger partial charge in [0, 0.05) is 56.6 Å². The Balaban J connectivity index is 1.22. The second kappa shape index (κ2) is 12.5. The van der Waals surface area contributed by atoms with Gasteiger partial charge in [-0.15, -0.1) is 0 Å². The molecule has 2 saturated heterocycles. The van der Waals surface area contributed by atoms with Crippen molar-refractivity contribution in [2.24, 2.45) is 0 Å². The van der Waals surface area contributed by atoms with E-state index in [0.717, 1.165) is 6.07 Å². The van der Waals surface area contributed by atoms with E-state index in [2.05, 4.69) is 15.3 Å². The van der Waals surface area contributed by atoms with Crippen LogP contribution in [0.25, 0.3) is 0 Å². The standard InChI is InChI=1S/C30H33ClF2N6O5S/c1-29(2,3)44-28(41)35-21-18-27(40)39(19-21)22-7-9-23(10-8-22)45(42,43)38-14-12-37(13-15-38)26-17-20(16-25(31)36-26)30(32,33)24-6-4-5-11-34-24/h4-11,16-17,21H,12-15,18-19H2,1-3H3,(H,35,41). The number of halogens is 3. The second-order valence-electron chi connectivity index (χ2n) is 11.8. The largest absolute Gasteiger partial charge is 0.444 e. The minimum absolute atomic E-state index is 0.0490. The minimum atomic E-state index is -3.89. The first-order valence-corrected chi connectivity index (χ1v) is 16.1. The lowest BCUT2D eigenvalue weighted by Gasteiger charge is -2.35. The quantitative estimate of drug-likeness (QED) is 0.369. The fraction of sp³-hybridized carbons (Fsp3) is 0.400. The Morgan fingerprint density at radius 1 is 1.04 bits per heavy atom. The maximum atomic E-state index is 15.2. The molecular formula is C30H33ClF2N6O5S. The van der Waals surface area contributed by atoms with E-state index in [0.29, 0.717) is 5.69 Å². The number of carbonyl (C=O) groups is 2. The molecule has 1 unspecified atom stereocenters. The van der Waals surface area contributed by atoms with Crippen LogP contribution in [0.3, 0.4) is 0 Å². The number of hydrogen-bond acceptors (Lipinski definition) is 8. The predicted octanol–water partition coefficient (Wildman–Crippen LogP) is 4.41. The van der Waals surface area contributed by atoms with Crippen molar-refractivity contribution in [3.05, 3.63) is 77.2 Å². The van der Waals surface area contributed by atoms with Gasteiger partial charge in [0.15, 0.2) is 0 Å². The zero-order valence-corrected chi connectivity index (χ0v) is 26.5. The van der Waals surface area contributed by atoms with E-state index in [1.54, 1.807) is 43.9 Å². The Morgan fingerprint density at radius 2 is 1.73 bits per heavy atom. The van der Waals surface area contributed by atoms with Crippen molar-refractivity contribution < 1.29 is 31.5 Å². The van der Waals surface area contributed by atoms with Gasteiger partial charge in [-0.25, -0.2) is 18.2 Å². The molecule has 2 aliphatic heterocycles. The van der Waals surface area contributed by atoms with E-state index >= 15 is 8.78 Å². The number of hydrogen-bond donors (Lipinski definition) is 1. The number of anilines is 2. The first-order valence-electron chi connectivity index (χ1n) is 14.3. The van der Waals surface area contributed by atoms with E-state index < -0.39 is 39.4 Å². The van der Waals surface area contributed by atoms with Crippen LogP contribution in [-0.2, 0) is 25.5 Å². The summed E-state index contributed by atoms with van der Waals surface area (Å²) in [5.41, 5.74) is -0.960. The van der Waals surface area contributed by atoms with Gasteiger partial charge in [0.2, 0.25) is 15.9 Å². The number of nitrogens with zero attached hydrogens (tertiary/aromatic N) is 5. The maximum absolute atomic E-state index is 15.2. The van der Waals surface area contributed by atoms with Crippen LogP contribution in [0.15, 0.2) is 65.7 Å². The Morgan fingerprint density at radius 3 is 2.36 bits per heavy atom. The highest BCUT2D eigenvalue weighted by molar-refractivity contribution is 7.89. The van der Waals surface area contributed by atoms with Gasteiger partial charge in [0.1, 0.15) is 22.3 Å². The van der Waals surface area contributed by atoms with Crippen LogP contribution in [-0.4, -0.2) is 79.1 Å². The Labute approximate surface area is 265 Å². The molecule has 0 bridgehead atoms. The molecule has 2 fully saturated rings. The molecule has 1 atom stereocenters. The Kier molecular flexibility index (Phi) is 9.02. The van der Waals surface area contributed by atoms with Crippen LogP contribution in [0.4, 0.5) is 25.1 Å². The van der Waals surface area contributed by atoms with Crippen LogP contribution in [0.1, 0.15) is 38.4 Å². The highest BCUT2D eigenvalue weighted by Gasteiger charge is 2.38. The van der Waals surface area contributed by atoms with Gasteiger partial charge in [-0.1, -0.05) is 17.7 Å². The maximum Gasteiger partial charge on any atom is 0.407 e. The zero-order chi connectivity index (χ0) is 32.6. The number of rotatable bonds is 7. The molecule has 0 saturated carbocycles. The predicted molar refractivity (Wildman–Crippen MR) is 164 cm³/mol. The van der Waals surface area contributed by atoms with Crippen LogP contribution < -0.4 is 15.1 Å². The molecule has 5 rings (SSSR count). The van der Waals surface area contributed by atoms with Crippen molar-refractivity contribution >= 4 is 45.1 Å². The smallest absolute Gasteiger partial charge is 0.407 e. The fourth-order valence-electron chi connectivity index (χ4n) is 5.16. The van der Waals surface area contributed by atoms with Crippen molar-refractivity contribution in [1.29, 1.82) is 0 Å². The number of aromatic nitrogens is 2. The summed E-state index contributed by atoms with van der Waals surface area (Å²) >= 11 is 6.12. The van der Waals surface area contributed by atoms with Gasteiger partial charge in [0.25, 0.3) is 0 Å². The van der Waals surface area contributed by atoms with Crippen molar-refractivity contribution in [1.82, 2.24) is 19.6 Å². The number of ether oxygens (including phenoxy) is 1. The average molecular weight is 663 g/mol. The summed E-state index contributed by atoms with van der Waals surface area (Å²) in [6.45, 7) is 6.04. The summed E-state index contributed by atoms with van der Waals surface area (Å²) in [5, 5.41) is 2.58. The molecule has 3 aromatic rings. The Bertz CT molecular complexity index is 1660. The number of amides is 2. The lowest BCUT2D eigenvalue weighted by Crippen LogP contribution is -2.49. The van der Waals surface area contributed by atoms with Gasteiger partial charge in [0.05, 0.1) is 10.9 Å². The third-order valence-corrected chi connectivity index (χ3v) is 9.43. The number of alkyl halides is 2. The molecule has 0 radical (unpaired) electrons. The number of nitrogens with one attached hydrogen (secondary N) is 1. The number of sulfonamides is 1. The van der Waals surface area contributed by atoms with Crippen molar-refractivity contribution in [3.8, 4) is 0 Å². The van der Waals surface area contributed by atoms with Crippen LogP contribution in [0.5, 0.6) is 0 Å². The SMILES string of the molecule is CC(C)(C)OC(=O)NC1CC(=O)N(c2ccc(S(=O)(=O)N3CCN(c4cc(C(F)(F)c5ccccn5)cc(Cl)n4)CC3)cc2)C1. The van der Waals surface area contributed by atoms with Crippen LogP contribution in [0.2, 0.25) is 5.15 Å². The highest BCUT2D eigenvalue weighted by Crippen LogP contribution is 2.37. The molecule has 15 heteroatoms. The molecule has 2 amide bonds. The molecule has 2 aromatic heterocycles. The number of benzene rings is 1. The summed E-state index contributed by atoms with van der Waals surface area (Å²) in [6.07, 6.45) is 0.763. The van der Waals surface area contributed by atoms with E-state index in [9.17, 15) is 18.0 Å². The molecule has 45 heavy (non-hydrogen) atoms. The van der Waals surface area contributed by atoms with Crippen molar-refractivity contribution in [3.63, 3.8) is 0 Å². The summed E-state index contributed by atoms with van der Waals surface area (Å²) < 4.78 is 63.8. The Hall–Kier alpha value is -3.88. The summed E-state index contributed by atoms with van der Waals surface area (Å²) in [6, 6.07) is 12.1. The number of piperazine rings is 1. The molecule has 4 heterocycles. The molecule has 0 spiro atoms. The number of pyridine rings is 2. The molecule has 0 aliphatic carbocycles. The van der Waals surface area contributed by atoms with E-state index in [1.807, 2.05) is 0 Å². The fourth-order valence-corrected chi connectivity index (χ4v) is 6.78. The van der Waals surface area contributed by atoms with E-state index in [1.165, 1.54) is 45.7 Å². The van der Waals surface area contributed by atoms with Gasteiger partial charge in [-0.2, -0.15) is 13.1 Å². The zero-order valence-electron chi connectivity index (χ0n) is 24.9. The van der Waals surface area contributed by atoms with Crippen molar-refractivity contribution in [2.45, 2.75) is 49.7 Å². The lowest BCUT2D eigenvalue weighted by molar-refractivity contribution is -0.117. The summed E-state index contributed by atoms with van der Waals surface area (Å²) in [5.74, 6) is -3.41. The second-order valence-corrected chi connectivity index (χ2v) is 14.1. The number of alkyl carbamates (subject to hydrolysis) is 1. The highest BCUT2D eigenvalue weighted by atomic mass is 35.5. The normalized spacial score (nSPS) is 18.3. The molecule has 240 valence electrons. The topological polar surface area (TPSA) is 125 Å². The molecule has 1 N–H and O–H groups in total. The molecule has 11 nitrogen and oxygen atoms in total. The van der Waals surface area contributed by atoms with E-state index in [4.69, 9.17) is 16.3 Å². The van der Waals surface area contributed by atoms with Gasteiger partial charge >= 0.3 is 12.0 Å². The average Bonchev–Trinajstić information content (AvgIpc) is 3.35. The molecule has 2 aliphatic rings. The minimum Gasteiger partial charge on any atom is -0.444 e. The van der Waals surface area contributed by atoms with Gasteiger partial charge < -0.3 is 19.9 Å². The molecular weight excluding hydrogens is 630 g/mol. The number of carbonyl (C=O) groups excluding carboxylic acids is 2. The first-order chi connectivity index (χ1) is 21.1. The van der Waals surface area contributed by atoms with Crippen molar-refractivity contribution in [2.75, 3.05) is 42.5 Å². The van der Waals surface area contributed by atoms with Gasteiger partial charge in [-0.05, 0) is 69.3 Å². The third kappa shape index (κ3) is 7.34. The lowest BCUT2D eigenvalue weighted by atomic mass is 10.1. The summed E-state index contributed by atoms with van der Waals surface area (Å²) in [4.78, 5) is 36.0. The monoisotopic (exact) mass is 662 g/mol. The third-order valence-electron chi connectivity index (χ3n) is 7.32. The van der Waals surface area contributed by atoms with E-state index in [-0.39, 0.29) is 66.5 Å². The van der Waals surface area contributed by atoms with Gasteiger partial charge in [-0.3, -0.25) is 9.78 Å². The molecule has 1 aromatic carbocycles. The van der Waals surface area contributed by atoms with Crippen LogP contribution in [0, 0.1) is 0 Å². The first kappa shape index (κ1) is 32.5. The summed E-state index contributed by atoms with van der Waals surface area (Å²) in [7, 11) is -3.89. The van der Waals surface area contributed by atoms with Crippen LogP contribution >= 0.6 is 11.6 Å².